The zero-order valence-electron chi connectivity index (χ0n) is 10.3. The number of piperidine rings is 1. The zero-order chi connectivity index (χ0) is 12.4. The van der Waals surface area contributed by atoms with Crippen molar-refractivity contribution in [2.45, 2.75) is 38.3 Å². The third-order valence-corrected chi connectivity index (χ3v) is 4.42. The van der Waals surface area contributed by atoms with Crippen LogP contribution in [0.1, 0.15) is 35.9 Å². The van der Waals surface area contributed by atoms with Crippen LogP contribution in [-0.2, 0) is 0 Å². The minimum atomic E-state index is 0. The van der Waals surface area contributed by atoms with E-state index in [-0.39, 0.29) is 30.4 Å². The smallest absolute Gasteiger partial charge is 0.264 e. The maximum atomic E-state index is 12.4. The van der Waals surface area contributed by atoms with E-state index in [1.165, 1.54) is 11.3 Å². The van der Waals surface area contributed by atoms with Crippen LogP contribution in [0.25, 0.3) is 0 Å². The first-order valence-corrected chi connectivity index (χ1v) is 7.11. The lowest BCUT2D eigenvalue weighted by atomic mass is 9.97. The number of carbonyl (C=O) groups excluding carboxylic acids is 1. The summed E-state index contributed by atoms with van der Waals surface area (Å²) in [5.41, 5.74) is 5.96. The second kappa shape index (κ2) is 6.75. The predicted molar refractivity (Wildman–Crippen MR) is 78.9 cm³/mol. The monoisotopic (exact) mass is 308 g/mol. The van der Waals surface area contributed by atoms with Crippen molar-refractivity contribution >= 4 is 41.3 Å². The van der Waals surface area contributed by atoms with E-state index in [1.54, 1.807) is 12.1 Å². The lowest BCUT2D eigenvalue weighted by molar-refractivity contribution is 0.0589. The maximum Gasteiger partial charge on any atom is 0.264 e. The molecule has 0 aliphatic carbocycles. The van der Waals surface area contributed by atoms with Crippen LogP contribution in [0.4, 0.5) is 0 Å². The Balaban J connectivity index is 0.00000162. The van der Waals surface area contributed by atoms with Gasteiger partial charge in [0.25, 0.3) is 5.91 Å². The number of hydrogen-bond donors (Lipinski definition) is 1. The molecule has 1 aromatic rings. The minimum absolute atomic E-state index is 0. The Morgan fingerprint density at radius 1 is 1.56 bits per heavy atom. The molecule has 2 unspecified atom stereocenters. The van der Waals surface area contributed by atoms with E-state index in [4.69, 9.17) is 17.3 Å². The number of nitrogens with two attached hydrogens (primary N) is 1. The number of nitrogens with zero attached hydrogens (tertiary/aromatic N) is 1. The molecule has 3 nitrogen and oxygen atoms in total. The van der Waals surface area contributed by atoms with E-state index in [1.807, 2.05) is 11.8 Å². The van der Waals surface area contributed by atoms with Crippen LogP contribution in [0, 0.1) is 0 Å². The molecule has 0 aromatic carbocycles. The first-order chi connectivity index (χ1) is 8.09. The van der Waals surface area contributed by atoms with Crippen LogP contribution in [0.5, 0.6) is 0 Å². The van der Waals surface area contributed by atoms with Crippen molar-refractivity contribution in [2.75, 3.05) is 6.54 Å². The summed E-state index contributed by atoms with van der Waals surface area (Å²) in [6, 6.07) is 3.75. The van der Waals surface area contributed by atoms with Crippen molar-refractivity contribution in [3.63, 3.8) is 0 Å². The van der Waals surface area contributed by atoms with E-state index >= 15 is 0 Å². The van der Waals surface area contributed by atoms with Gasteiger partial charge in [-0.3, -0.25) is 4.79 Å². The van der Waals surface area contributed by atoms with E-state index in [9.17, 15) is 4.79 Å². The molecule has 1 amide bonds. The Morgan fingerprint density at radius 2 is 2.28 bits per heavy atom. The quantitative estimate of drug-likeness (QED) is 0.912. The van der Waals surface area contributed by atoms with Crippen molar-refractivity contribution in [2.24, 2.45) is 5.73 Å². The molecule has 2 heterocycles. The van der Waals surface area contributed by atoms with Crippen LogP contribution >= 0.6 is 35.3 Å². The summed E-state index contributed by atoms with van der Waals surface area (Å²) in [6.07, 6.45) is 3.22. The number of amides is 1. The first-order valence-electron chi connectivity index (χ1n) is 5.91. The second-order valence-corrected chi connectivity index (χ2v) is 6.24. The number of thiophene rings is 1. The van der Waals surface area contributed by atoms with Gasteiger partial charge in [0.2, 0.25) is 0 Å². The molecule has 1 aromatic heterocycles. The van der Waals surface area contributed by atoms with Crippen molar-refractivity contribution < 1.29 is 4.79 Å². The Morgan fingerprint density at radius 3 is 2.83 bits per heavy atom. The number of rotatable bonds is 2. The Kier molecular flexibility index (Phi) is 5.92. The summed E-state index contributed by atoms with van der Waals surface area (Å²) in [4.78, 5) is 15.0. The Bertz CT molecular complexity index is 409. The molecule has 18 heavy (non-hydrogen) atoms. The predicted octanol–water partition coefficient (Wildman–Crippen LogP) is 3.17. The number of likely N-dealkylation sites (tertiary alicyclic amines) is 1. The molecule has 2 atom stereocenters. The minimum Gasteiger partial charge on any atom is -0.333 e. The highest BCUT2D eigenvalue weighted by Gasteiger charge is 2.30. The molecule has 1 aliphatic rings. The SMILES string of the molecule is CC(N)C1CCCCN1C(=O)c1ccc(Cl)s1.Cl. The topological polar surface area (TPSA) is 46.3 Å². The lowest BCUT2D eigenvalue weighted by Crippen LogP contribution is -2.51. The van der Waals surface area contributed by atoms with Gasteiger partial charge in [0, 0.05) is 18.6 Å². The molecule has 102 valence electrons. The summed E-state index contributed by atoms with van der Waals surface area (Å²) in [7, 11) is 0. The highest BCUT2D eigenvalue weighted by Crippen LogP contribution is 2.26. The van der Waals surface area contributed by atoms with Gasteiger partial charge in [0.05, 0.1) is 9.21 Å². The average Bonchev–Trinajstić information content (AvgIpc) is 2.75. The van der Waals surface area contributed by atoms with Crippen LogP contribution in [0.15, 0.2) is 12.1 Å². The maximum absolute atomic E-state index is 12.4. The lowest BCUT2D eigenvalue weighted by Gasteiger charge is -2.37. The molecule has 1 saturated heterocycles. The molecular formula is C12H18Cl2N2OS. The van der Waals surface area contributed by atoms with Gasteiger partial charge in [0.15, 0.2) is 0 Å². The van der Waals surface area contributed by atoms with Crippen LogP contribution in [0.3, 0.4) is 0 Å². The molecule has 6 heteroatoms. The first kappa shape index (κ1) is 15.8. The van der Waals surface area contributed by atoms with E-state index in [0.717, 1.165) is 25.8 Å². The molecule has 1 fully saturated rings. The van der Waals surface area contributed by atoms with Crippen molar-refractivity contribution in [1.82, 2.24) is 4.90 Å². The Labute approximate surface area is 123 Å². The van der Waals surface area contributed by atoms with Gasteiger partial charge in [-0.2, -0.15) is 0 Å². The third-order valence-electron chi connectivity index (χ3n) is 3.20. The fourth-order valence-electron chi connectivity index (χ4n) is 2.33. The standard InChI is InChI=1S/C12H17ClN2OS.ClH/c1-8(14)9-4-2-3-7-15(9)12(16)10-5-6-11(13)17-10;/h5-6,8-9H,2-4,7,14H2,1H3;1H. The Hall–Kier alpha value is -0.290. The second-order valence-electron chi connectivity index (χ2n) is 4.52. The van der Waals surface area contributed by atoms with Crippen LogP contribution < -0.4 is 5.73 Å². The van der Waals surface area contributed by atoms with E-state index in [2.05, 4.69) is 0 Å². The van der Waals surface area contributed by atoms with Gasteiger partial charge in [-0.05, 0) is 38.3 Å². The number of halogens is 2. The average molecular weight is 309 g/mol. The van der Waals surface area contributed by atoms with Gasteiger partial charge in [0.1, 0.15) is 0 Å². The molecule has 0 radical (unpaired) electrons. The van der Waals surface area contributed by atoms with Crippen molar-refractivity contribution in [1.29, 1.82) is 0 Å². The van der Waals surface area contributed by atoms with Crippen LogP contribution in [0.2, 0.25) is 4.34 Å². The van der Waals surface area contributed by atoms with Gasteiger partial charge in [-0.25, -0.2) is 0 Å². The highest BCUT2D eigenvalue weighted by molar-refractivity contribution is 7.17. The molecule has 0 bridgehead atoms. The molecule has 0 saturated carbocycles. The fourth-order valence-corrected chi connectivity index (χ4v) is 3.33. The van der Waals surface area contributed by atoms with E-state index in [0.29, 0.717) is 9.21 Å². The number of carbonyl (C=O) groups is 1. The van der Waals surface area contributed by atoms with Crippen molar-refractivity contribution in [3.05, 3.63) is 21.3 Å². The summed E-state index contributed by atoms with van der Waals surface area (Å²) < 4.78 is 0.655. The molecule has 2 rings (SSSR count). The summed E-state index contributed by atoms with van der Waals surface area (Å²) in [5.74, 6) is 0.0731. The molecular weight excluding hydrogens is 291 g/mol. The summed E-state index contributed by atoms with van der Waals surface area (Å²) in [5, 5.41) is 0. The summed E-state index contributed by atoms with van der Waals surface area (Å²) >= 11 is 7.20. The largest absolute Gasteiger partial charge is 0.333 e. The van der Waals surface area contributed by atoms with Gasteiger partial charge >= 0.3 is 0 Å². The fraction of sp³-hybridized carbons (Fsp3) is 0.583. The zero-order valence-corrected chi connectivity index (χ0v) is 12.7. The number of hydrogen-bond acceptors (Lipinski definition) is 3. The van der Waals surface area contributed by atoms with Gasteiger partial charge in [-0.1, -0.05) is 11.6 Å². The summed E-state index contributed by atoms with van der Waals surface area (Å²) in [6.45, 7) is 2.78. The highest BCUT2D eigenvalue weighted by atomic mass is 35.5. The van der Waals surface area contributed by atoms with E-state index < -0.39 is 0 Å². The van der Waals surface area contributed by atoms with Crippen molar-refractivity contribution in [3.8, 4) is 0 Å². The van der Waals surface area contributed by atoms with Gasteiger partial charge < -0.3 is 10.6 Å². The molecule has 1 aliphatic heterocycles. The third kappa shape index (κ3) is 3.38. The van der Waals surface area contributed by atoms with Crippen LogP contribution in [-0.4, -0.2) is 29.4 Å². The normalized spacial score (nSPS) is 21.3. The molecule has 0 spiro atoms. The van der Waals surface area contributed by atoms with Gasteiger partial charge in [-0.15, -0.1) is 23.7 Å². The molecule has 2 N–H and O–H groups in total.